The molecule has 0 saturated heterocycles. The number of rotatable bonds is 5. The molecule has 0 aromatic rings. The van der Waals surface area contributed by atoms with Gasteiger partial charge in [-0.3, -0.25) is 0 Å². The topological polar surface area (TPSA) is 12.5 Å². The number of hydrogen-bond donors (Lipinski definition) is 0. The highest BCUT2D eigenvalue weighted by atomic mass is 16.5. The van der Waals surface area contributed by atoms with Gasteiger partial charge < -0.3 is 9.64 Å². The standard InChI is InChI=1S/C14H31NO/c1-13(2,3)9-12(10-15(7)8)11-16-14(4,5)6/h12H,9-11H2,1-8H3. The largest absolute Gasteiger partial charge is 0.376 e. The van der Waals surface area contributed by atoms with Crippen LogP contribution in [0.4, 0.5) is 0 Å². The molecule has 0 spiro atoms. The van der Waals surface area contributed by atoms with E-state index in [4.69, 9.17) is 4.74 Å². The summed E-state index contributed by atoms with van der Waals surface area (Å²) < 4.78 is 5.91. The summed E-state index contributed by atoms with van der Waals surface area (Å²) in [5.41, 5.74) is 0.352. The van der Waals surface area contributed by atoms with Crippen LogP contribution in [0.15, 0.2) is 0 Å². The van der Waals surface area contributed by atoms with Crippen molar-refractivity contribution >= 4 is 0 Å². The normalized spacial score (nSPS) is 15.6. The summed E-state index contributed by atoms with van der Waals surface area (Å²) in [6, 6.07) is 0. The van der Waals surface area contributed by atoms with E-state index in [1.54, 1.807) is 0 Å². The number of ether oxygens (including phenoxy) is 1. The fraction of sp³-hybridized carbons (Fsp3) is 1.00. The van der Waals surface area contributed by atoms with Crippen molar-refractivity contribution < 1.29 is 4.74 Å². The molecule has 0 aromatic heterocycles. The van der Waals surface area contributed by atoms with Crippen molar-refractivity contribution in [2.45, 2.75) is 53.6 Å². The summed E-state index contributed by atoms with van der Waals surface area (Å²) in [7, 11) is 4.26. The van der Waals surface area contributed by atoms with E-state index in [-0.39, 0.29) is 5.60 Å². The second-order valence-corrected chi connectivity index (χ2v) is 7.32. The van der Waals surface area contributed by atoms with Gasteiger partial charge in [0.1, 0.15) is 0 Å². The predicted molar refractivity (Wildman–Crippen MR) is 71.8 cm³/mol. The Labute approximate surface area is 102 Å². The van der Waals surface area contributed by atoms with Crippen LogP contribution in [0.1, 0.15) is 48.0 Å². The van der Waals surface area contributed by atoms with Crippen molar-refractivity contribution in [1.29, 1.82) is 0 Å². The highest BCUT2D eigenvalue weighted by molar-refractivity contribution is 4.72. The average molecular weight is 229 g/mol. The Kier molecular flexibility index (Phi) is 5.99. The van der Waals surface area contributed by atoms with Crippen LogP contribution in [-0.2, 0) is 4.74 Å². The predicted octanol–water partition coefficient (Wildman–Crippen LogP) is 3.42. The maximum atomic E-state index is 5.91. The molecule has 0 radical (unpaired) electrons. The Morgan fingerprint density at radius 1 is 1.00 bits per heavy atom. The van der Waals surface area contributed by atoms with Crippen molar-refractivity contribution in [3.8, 4) is 0 Å². The zero-order valence-corrected chi connectivity index (χ0v) is 12.6. The van der Waals surface area contributed by atoms with Crippen LogP contribution in [0, 0.1) is 11.3 Å². The van der Waals surface area contributed by atoms with E-state index >= 15 is 0 Å². The quantitative estimate of drug-likeness (QED) is 0.716. The summed E-state index contributed by atoms with van der Waals surface area (Å²) >= 11 is 0. The van der Waals surface area contributed by atoms with Gasteiger partial charge >= 0.3 is 0 Å². The number of nitrogens with zero attached hydrogens (tertiary/aromatic N) is 1. The van der Waals surface area contributed by atoms with Crippen LogP contribution in [0.2, 0.25) is 0 Å². The Morgan fingerprint density at radius 3 is 1.81 bits per heavy atom. The Hall–Kier alpha value is -0.0800. The van der Waals surface area contributed by atoms with Crippen LogP contribution in [0.25, 0.3) is 0 Å². The Balaban J connectivity index is 4.22. The lowest BCUT2D eigenvalue weighted by atomic mass is 9.84. The van der Waals surface area contributed by atoms with E-state index in [1.165, 1.54) is 6.42 Å². The minimum Gasteiger partial charge on any atom is -0.376 e. The molecule has 0 amide bonds. The summed E-state index contributed by atoms with van der Waals surface area (Å²) in [5, 5.41) is 0. The van der Waals surface area contributed by atoms with Crippen LogP contribution in [0.3, 0.4) is 0 Å². The SMILES string of the molecule is CN(C)CC(COC(C)(C)C)CC(C)(C)C. The highest BCUT2D eigenvalue weighted by Gasteiger charge is 2.21. The van der Waals surface area contributed by atoms with Gasteiger partial charge in [0, 0.05) is 6.54 Å². The van der Waals surface area contributed by atoms with Crippen LogP contribution in [0.5, 0.6) is 0 Å². The maximum absolute atomic E-state index is 5.91. The fourth-order valence-electron chi connectivity index (χ4n) is 1.93. The first-order valence-electron chi connectivity index (χ1n) is 6.28. The minimum absolute atomic E-state index is 0.0254. The van der Waals surface area contributed by atoms with Gasteiger partial charge in [0.25, 0.3) is 0 Å². The third-order valence-electron chi connectivity index (χ3n) is 2.28. The van der Waals surface area contributed by atoms with E-state index in [9.17, 15) is 0 Å². The van der Waals surface area contributed by atoms with E-state index < -0.39 is 0 Å². The Morgan fingerprint density at radius 2 is 1.50 bits per heavy atom. The summed E-state index contributed by atoms with van der Waals surface area (Å²) in [5.74, 6) is 0.620. The maximum Gasteiger partial charge on any atom is 0.0598 e. The lowest BCUT2D eigenvalue weighted by Gasteiger charge is -2.30. The third-order valence-corrected chi connectivity index (χ3v) is 2.28. The minimum atomic E-state index is -0.0254. The van der Waals surface area contributed by atoms with Crippen molar-refractivity contribution in [2.75, 3.05) is 27.2 Å². The first kappa shape index (κ1) is 15.9. The zero-order chi connectivity index (χ0) is 13.0. The van der Waals surface area contributed by atoms with E-state index in [0.717, 1.165) is 13.2 Å². The molecule has 0 fully saturated rings. The van der Waals surface area contributed by atoms with Crippen molar-refractivity contribution in [2.24, 2.45) is 11.3 Å². The highest BCUT2D eigenvalue weighted by Crippen LogP contribution is 2.26. The lowest BCUT2D eigenvalue weighted by Crippen LogP contribution is -2.32. The van der Waals surface area contributed by atoms with Crippen molar-refractivity contribution in [3.63, 3.8) is 0 Å². The van der Waals surface area contributed by atoms with Crippen LogP contribution in [-0.4, -0.2) is 37.7 Å². The molecule has 1 atom stereocenters. The van der Waals surface area contributed by atoms with Gasteiger partial charge in [-0.2, -0.15) is 0 Å². The first-order valence-corrected chi connectivity index (χ1v) is 6.28. The molecule has 0 aliphatic carbocycles. The second-order valence-electron chi connectivity index (χ2n) is 7.32. The van der Waals surface area contributed by atoms with E-state index in [2.05, 4.69) is 60.5 Å². The van der Waals surface area contributed by atoms with E-state index in [0.29, 0.717) is 11.3 Å². The smallest absolute Gasteiger partial charge is 0.0598 e. The second kappa shape index (κ2) is 6.02. The molecule has 0 aromatic carbocycles. The lowest BCUT2D eigenvalue weighted by molar-refractivity contribution is -0.0320. The van der Waals surface area contributed by atoms with Gasteiger partial charge in [-0.25, -0.2) is 0 Å². The molecule has 0 aliphatic heterocycles. The molecule has 2 heteroatoms. The fourth-order valence-corrected chi connectivity index (χ4v) is 1.93. The first-order chi connectivity index (χ1) is 6.99. The average Bonchev–Trinajstić information content (AvgIpc) is 1.94. The van der Waals surface area contributed by atoms with Gasteiger partial charge in [-0.05, 0) is 52.6 Å². The molecular weight excluding hydrogens is 198 g/mol. The van der Waals surface area contributed by atoms with E-state index in [1.807, 2.05) is 0 Å². The summed E-state index contributed by atoms with van der Waals surface area (Å²) in [4.78, 5) is 2.25. The van der Waals surface area contributed by atoms with Crippen LogP contribution >= 0.6 is 0 Å². The summed E-state index contributed by atoms with van der Waals surface area (Å²) in [6.07, 6.45) is 1.21. The monoisotopic (exact) mass is 229 g/mol. The molecule has 2 nitrogen and oxygen atoms in total. The molecule has 16 heavy (non-hydrogen) atoms. The molecule has 0 bridgehead atoms. The van der Waals surface area contributed by atoms with Gasteiger partial charge in [0.05, 0.1) is 12.2 Å². The van der Waals surface area contributed by atoms with Gasteiger partial charge in [-0.1, -0.05) is 20.8 Å². The third kappa shape index (κ3) is 10.4. The molecule has 98 valence electrons. The molecule has 0 saturated carbocycles. The molecule has 0 aliphatic rings. The molecule has 0 rings (SSSR count). The van der Waals surface area contributed by atoms with Crippen LogP contribution < -0.4 is 0 Å². The van der Waals surface area contributed by atoms with Gasteiger partial charge in [0.2, 0.25) is 0 Å². The van der Waals surface area contributed by atoms with Gasteiger partial charge in [-0.15, -0.1) is 0 Å². The van der Waals surface area contributed by atoms with Gasteiger partial charge in [0.15, 0.2) is 0 Å². The molecular formula is C14H31NO. The molecule has 1 unspecified atom stereocenters. The summed E-state index contributed by atoms with van der Waals surface area (Å²) in [6.45, 7) is 15.2. The Bertz CT molecular complexity index is 186. The van der Waals surface area contributed by atoms with Crippen molar-refractivity contribution in [3.05, 3.63) is 0 Å². The molecule has 0 N–H and O–H groups in total. The number of hydrogen-bond acceptors (Lipinski definition) is 2. The molecule has 0 heterocycles. The van der Waals surface area contributed by atoms with Crippen molar-refractivity contribution in [1.82, 2.24) is 4.90 Å². The zero-order valence-electron chi connectivity index (χ0n) is 12.6.